The molecular formula is C14H14N2O4. The van der Waals surface area contributed by atoms with Crippen molar-refractivity contribution in [2.45, 2.75) is 6.54 Å². The van der Waals surface area contributed by atoms with E-state index in [0.29, 0.717) is 42.7 Å². The van der Waals surface area contributed by atoms with Gasteiger partial charge < -0.3 is 24.5 Å². The first-order valence-corrected chi connectivity index (χ1v) is 6.28. The molecule has 0 radical (unpaired) electrons. The third-order valence-electron chi connectivity index (χ3n) is 2.80. The first-order valence-electron chi connectivity index (χ1n) is 6.28. The zero-order valence-electron chi connectivity index (χ0n) is 10.7. The second kappa shape index (κ2) is 5.56. The fraction of sp³-hybridized carbons (Fsp3) is 0.214. The molecule has 0 atom stereocenters. The fourth-order valence-electron chi connectivity index (χ4n) is 1.88. The van der Waals surface area contributed by atoms with Gasteiger partial charge in [-0.25, -0.2) is 4.79 Å². The zero-order chi connectivity index (χ0) is 13.8. The molecule has 0 saturated carbocycles. The average Bonchev–Trinajstić information content (AvgIpc) is 2.98. The molecule has 1 aliphatic heterocycles. The lowest BCUT2D eigenvalue weighted by Crippen LogP contribution is -2.28. The van der Waals surface area contributed by atoms with Crippen LogP contribution in [0.5, 0.6) is 11.5 Å². The van der Waals surface area contributed by atoms with Crippen LogP contribution in [-0.4, -0.2) is 19.2 Å². The van der Waals surface area contributed by atoms with Crippen LogP contribution in [0, 0.1) is 0 Å². The minimum absolute atomic E-state index is 0.307. The predicted octanol–water partition coefficient (Wildman–Crippen LogP) is 2.37. The van der Waals surface area contributed by atoms with Crippen LogP contribution in [0.4, 0.5) is 10.5 Å². The second-order valence-electron chi connectivity index (χ2n) is 4.25. The molecule has 0 aliphatic carbocycles. The molecule has 0 fully saturated rings. The van der Waals surface area contributed by atoms with Gasteiger partial charge in [-0.15, -0.1) is 0 Å². The Hall–Kier alpha value is -2.63. The molecule has 2 aromatic rings. The Morgan fingerprint density at radius 2 is 2.00 bits per heavy atom. The third kappa shape index (κ3) is 2.85. The monoisotopic (exact) mass is 274 g/mol. The van der Waals surface area contributed by atoms with Gasteiger partial charge in [-0.05, 0) is 24.3 Å². The van der Waals surface area contributed by atoms with Gasteiger partial charge in [0.1, 0.15) is 19.0 Å². The molecule has 2 heterocycles. The molecule has 6 nitrogen and oxygen atoms in total. The van der Waals surface area contributed by atoms with Gasteiger partial charge in [0.25, 0.3) is 0 Å². The smallest absolute Gasteiger partial charge is 0.319 e. The topological polar surface area (TPSA) is 72.7 Å². The summed E-state index contributed by atoms with van der Waals surface area (Å²) in [4.78, 5) is 11.7. The van der Waals surface area contributed by atoms with Gasteiger partial charge in [0.2, 0.25) is 0 Å². The van der Waals surface area contributed by atoms with Gasteiger partial charge in [-0.1, -0.05) is 0 Å². The highest BCUT2D eigenvalue weighted by molar-refractivity contribution is 5.89. The number of carbonyl (C=O) groups excluding carboxylic acids is 1. The maximum atomic E-state index is 11.7. The number of amides is 2. The van der Waals surface area contributed by atoms with Crippen molar-refractivity contribution in [3.05, 3.63) is 42.4 Å². The predicted molar refractivity (Wildman–Crippen MR) is 72.0 cm³/mol. The number of fused-ring (bicyclic) bond motifs is 1. The van der Waals surface area contributed by atoms with E-state index in [0.717, 1.165) is 0 Å². The lowest BCUT2D eigenvalue weighted by Gasteiger charge is -2.19. The van der Waals surface area contributed by atoms with Crippen LogP contribution in [-0.2, 0) is 6.54 Å². The number of benzene rings is 1. The Morgan fingerprint density at radius 1 is 1.15 bits per heavy atom. The summed E-state index contributed by atoms with van der Waals surface area (Å²) in [6.45, 7) is 1.40. The minimum Gasteiger partial charge on any atom is -0.486 e. The van der Waals surface area contributed by atoms with E-state index in [1.165, 1.54) is 0 Å². The summed E-state index contributed by atoms with van der Waals surface area (Å²) in [5.41, 5.74) is 0.645. The summed E-state index contributed by atoms with van der Waals surface area (Å²) < 4.78 is 16.0. The Balaban J connectivity index is 1.58. The van der Waals surface area contributed by atoms with Gasteiger partial charge >= 0.3 is 6.03 Å². The van der Waals surface area contributed by atoms with E-state index in [4.69, 9.17) is 13.9 Å². The Kier molecular flexibility index (Phi) is 3.45. The van der Waals surface area contributed by atoms with Crippen molar-refractivity contribution in [2.75, 3.05) is 18.5 Å². The van der Waals surface area contributed by atoms with Crippen LogP contribution in [0.25, 0.3) is 0 Å². The van der Waals surface area contributed by atoms with Crippen molar-refractivity contribution in [3.63, 3.8) is 0 Å². The molecule has 0 spiro atoms. The van der Waals surface area contributed by atoms with Crippen molar-refractivity contribution < 1.29 is 18.7 Å². The lowest BCUT2D eigenvalue weighted by molar-refractivity contribution is 0.171. The molecular weight excluding hydrogens is 260 g/mol. The molecule has 1 aliphatic rings. The van der Waals surface area contributed by atoms with Crippen molar-refractivity contribution in [1.82, 2.24) is 5.32 Å². The van der Waals surface area contributed by atoms with E-state index >= 15 is 0 Å². The Morgan fingerprint density at radius 3 is 2.80 bits per heavy atom. The number of carbonyl (C=O) groups is 1. The number of rotatable bonds is 3. The molecule has 3 rings (SSSR count). The number of nitrogens with one attached hydrogen (secondary N) is 2. The maximum absolute atomic E-state index is 11.7. The lowest BCUT2D eigenvalue weighted by atomic mass is 10.2. The first kappa shape index (κ1) is 12.4. The Bertz CT molecular complexity index is 595. The molecule has 2 N–H and O–H groups in total. The second-order valence-corrected chi connectivity index (χ2v) is 4.25. The fourth-order valence-corrected chi connectivity index (χ4v) is 1.88. The normalized spacial score (nSPS) is 12.8. The molecule has 2 amide bonds. The standard InChI is InChI=1S/C14H14N2O4/c17-14(15-9-11-2-1-5-18-11)16-10-3-4-12-13(8-10)20-7-6-19-12/h1-5,8H,6-7,9H2,(H2,15,16,17). The van der Waals surface area contributed by atoms with E-state index < -0.39 is 0 Å². The highest BCUT2D eigenvalue weighted by atomic mass is 16.6. The Labute approximate surface area is 115 Å². The van der Waals surface area contributed by atoms with Gasteiger partial charge in [-0.2, -0.15) is 0 Å². The molecule has 1 aromatic heterocycles. The van der Waals surface area contributed by atoms with Gasteiger partial charge in [0.15, 0.2) is 11.5 Å². The molecule has 6 heteroatoms. The maximum Gasteiger partial charge on any atom is 0.319 e. The van der Waals surface area contributed by atoms with Gasteiger partial charge in [0, 0.05) is 11.8 Å². The summed E-state index contributed by atoms with van der Waals surface area (Å²) in [7, 11) is 0. The number of hydrogen-bond donors (Lipinski definition) is 2. The number of ether oxygens (including phenoxy) is 2. The molecule has 1 aromatic carbocycles. The van der Waals surface area contributed by atoms with Gasteiger partial charge in [-0.3, -0.25) is 0 Å². The van der Waals surface area contributed by atoms with E-state index in [9.17, 15) is 4.79 Å². The number of furan rings is 1. The highest BCUT2D eigenvalue weighted by Gasteiger charge is 2.12. The van der Waals surface area contributed by atoms with Crippen LogP contribution in [0.3, 0.4) is 0 Å². The molecule has 20 heavy (non-hydrogen) atoms. The largest absolute Gasteiger partial charge is 0.486 e. The summed E-state index contributed by atoms with van der Waals surface area (Å²) in [5, 5.41) is 5.42. The van der Waals surface area contributed by atoms with E-state index in [1.54, 1.807) is 36.6 Å². The molecule has 0 bridgehead atoms. The first-order chi connectivity index (χ1) is 9.81. The average molecular weight is 274 g/mol. The highest BCUT2D eigenvalue weighted by Crippen LogP contribution is 2.32. The van der Waals surface area contributed by atoms with E-state index in [1.807, 2.05) is 0 Å². The van der Waals surface area contributed by atoms with Crippen LogP contribution in [0.1, 0.15) is 5.76 Å². The third-order valence-corrected chi connectivity index (χ3v) is 2.80. The molecule has 0 unspecified atom stereocenters. The SMILES string of the molecule is O=C(NCc1ccco1)Nc1ccc2c(c1)OCCO2. The minimum atomic E-state index is -0.307. The molecule has 0 saturated heterocycles. The number of urea groups is 1. The van der Waals surface area contributed by atoms with Gasteiger partial charge in [0.05, 0.1) is 12.8 Å². The summed E-state index contributed by atoms with van der Waals surface area (Å²) in [5.74, 6) is 2.03. The van der Waals surface area contributed by atoms with Crippen molar-refractivity contribution >= 4 is 11.7 Å². The summed E-state index contributed by atoms with van der Waals surface area (Å²) in [6.07, 6.45) is 1.57. The van der Waals surface area contributed by atoms with E-state index in [2.05, 4.69) is 10.6 Å². The molecule has 104 valence electrons. The van der Waals surface area contributed by atoms with Crippen molar-refractivity contribution in [2.24, 2.45) is 0 Å². The van der Waals surface area contributed by atoms with Crippen LogP contribution >= 0.6 is 0 Å². The number of anilines is 1. The van der Waals surface area contributed by atoms with E-state index in [-0.39, 0.29) is 6.03 Å². The quantitative estimate of drug-likeness (QED) is 0.901. The van der Waals surface area contributed by atoms with Crippen molar-refractivity contribution in [1.29, 1.82) is 0 Å². The van der Waals surface area contributed by atoms with Crippen molar-refractivity contribution in [3.8, 4) is 11.5 Å². The van der Waals surface area contributed by atoms with Crippen LogP contribution in [0.2, 0.25) is 0 Å². The summed E-state index contributed by atoms with van der Waals surface area (Å²) >= 11 is 0. The van der Waals surface area contributed by atoms with Crippen LogP contribution in [0.15, 0.2) is 41.0 Å². The zero-order valence-corrected chi connectivity index (χ0v) is 10.7. The number of hydrogen-bond acceptors (Lipinski definition) is 4. The van der Waals surface area contributed by atoms with Crippen LogP contribution < -0.4 is 20.1 Å². The summed E-state index contributed by atoms with van der Waals surface area (Å²) in [6, 6.07) is 8.54.